The fourth-order valence-corrected chi connectivity index (χ4v) is 4.55. The van der Waals surface area contributed by atoms with E-state index in [0.29, 0.717) is 36.4 Å². The SMILES string of the molecule is CC(=O)N1CCC(NS(=O)(=O)c2cc(Br)ccc2C)CC1. The normalized spacial score (nSPS) is 17.0. The van der Waals surface area contributed by atoms with Crippen molar-refractivity contribution in [3.63, 3.8) is 0 Å². The van der Waals surface area contributed by atoms with Gasteiger partial charge in [-0.3, -0.25) is 4.79 Å². The lowest BCUT2D eigenvalue weighted by atomic mass is 10.1. The number of benzene rings is 1. The van der Waals surface area contributed by atoms with Gasteiger partial charge in [-0.1, -0.05) is 22.0 Å². The largest absolute Gasteiger partial charge is 0.343 e. The quantitative estimate of drug-likeness (QED) is 0.880. The van der Waals surface area contributed by atoms with Crippen molar-refractivity contribution < 1.29 is 13.2 Å². The number of sulfonamides is 1. The lowest BCUT2D eigenvalue weighted by Gasteiger charge is -2.31. The molecule has 1 amide bonds. The summed E-state index contributed by atoms with van der Waals surface area (Å²) in [4.78, 5) is 13.3. The molecule has 2 rings (SSSR count). The van der Waals surface area contributed by atoms with Gasteiger partial charge in [-0.25, -0.2) is 13.1 Å². The van der Waals surface area contributed by atoms with E-state index in [4.69, 9.17) is 0 Å². The number of hydrogen-bond acceptors (Lipinski definition) is 3. The number of nitrogens with one attached hydrogen (secondary N) is 1. The van der Waals surface area contributed by atoms with E-state index in [1.165, 1.54) is 6.92 Å². The monoisotopic (exact) mass is 374 g/mol. The summed E-state index contributed by atoms with van der Waals surface area (Å²) in [5.74, 6) is 0.0409. The molecule has 0 bridgehead atoms. The Morgan fingerprint density at radius 3 is 2.52 bits per heavy atom. The number of nitrogens with zero attached hydrogens (tertiary/aromatic N) is 1. The summed E-state index contributed by atoms with van der Waals surface area (Å²) in [5.41, 5.74) is 0.715. The zero-order valence-electron chi connectivity index (χ0n) is 12.1. The highest BCUT2D eigenvalue weighted by Crippen LogP contribution is 2.22. The third-order valence-corrected chi connectivity index (χ3v) is 5.86. The van der Waals surface area contributed by atoms with Gasteiger partial charge >= 0.3 is 0 Å². The van der Waals surface area contributed by atoms with Gasteiger partial charge in [-0.15, -0.1) is 0 Å². The Kier molecular flexibility index (Phi) is 5.06. The van der Waals surface area contributed by atoms with Crippen molar-refractivity contribution in [1.29, 1.82) is 0 Å². The van der Waals surface area contributed by atoms with Crippen LogP contribution < -0.4 is 4.72 Å². The number of carbonyl (C=O) groups excluding carboxylic acids is 1. The average Bonchev–Trinajstić information content (AvgIpc) is 2.41. The van der Waals surface area contributed by atoms with Crippen LogP contribution >= 0.6 is 15.9 Å². The van der Waals surface area contributed by atoms with Crippen molar-refractivity contribution in [1.82, 2.24) is 9.62 Å². The van der Waals surface area contributed by atoms with Crippen LogP contribution in [0.25, 0.3) is 0 Å². The van der Waals surface area contributed by atoms with E-state index in [0.717, 1.165) is 4.47 Å². The van der Waals surface area contributed by atoms with Gasteiger partial charge in [0.25, 0.3) is 0 Å². The van der Waals surface area contributed by atoms with Gasteiger partial charge in [-0.2, -0.15) is 0 Å². The zero-order chi connectivity index (χ0) is 15.6. The standard InChI is InChI=1S/C14H19BrN2O3S/c1-10-3-4-12(15)9-14(10)21(19,20)16-13-5-7-17(8-6-13)11(2)18/h3-4,9,13,16H,5-8H2,1-2H3. The fourth-order valence-electron chi connectivity index (χ4n) is 2.46. The molecule has 116 valence electrons. The molecule has 0 atom stereocenters. The molecule has 0 radical (unpaired) electrons. The minimum Gasteiger partial charge on any atom is -0.343 e. The predicted octanol–water partition coefficient (Wildman–Crippen LogP) is 2.05. The van der Waals surface area contributed by atoms with Crippen molar-refractivity contribution in [3.05, 3.63) is 28.2 Å². The van der Waals surface area contributed by atoms with Crippen LogP contribution in [0.15, 0.2) is 27.6 Å². The molecule has 1 aliphatic heterocycles. The van der Waals surface area contributed by atoms with Crippen LogP contribution in [0.1, 0.15) is 25.3 Å². The molecule has 0 spiro atoms. The number of likely N-dealkylation sites (tertiary alicyclic amines) is 1. The number of amides is 1. The van der Waals surface area contributed by atoms with E-state index >= 15 is 0 Å². The Hall–Kier alpha value is -0.920. The van der Waals surface area contributed by atoms with Crippen molar-refractivity contribution in [3.8, 4) is 0 Å². The van der Waals surface area contributed by atoms with Gasteiger partial charge in [0.1, 0.15) is 0 Å². The molecular weight excluding hydrogens is 356 g/mol. The molecule has 21 heavy (non-hydrogen) atoms. The smallest absolute Gasteiger partial charge is 0.241 e. The number of carbonyl (C=O) groups is 1. The molecule has 5 nitrogen and oxygen atoms in total. The first-order valence-electron chi connectivity index (χ1n) is 6.83. The second-order valence-electron chi connectivity index (χ2n) is 5.31. The molecule has 0 aliphatic carbocycles. The molecule has 1 aromatic rings. The highest BCUT2D eigenvalue weighted by atomic mass is 79.9. The van der Waals surface area contributed by atoms with Crippen LogP contribution in [0.3, 0.4) is 0 Å². The van der Waals surface area contributed by atoms with Gasteiger partial charge in [0.15, 0.2) is 0 Å². The summed E-state index contributed by atoms with van der Waals surface area (Å²) in [6.45, 7) is 4.51. The van der Waals surface area contributed by atoms with Crippen molar-refractivity contribution in [2.45, 2.75) is 37.6 Å². The summed E-state index contributed by atoms with van der Waals surface area (Å²) in [6.07, 6.45) is 1.29. The van der Waals surface area contributed by atoms with Gasteiger partial charge in [0.05, 0.1) is 4.90 Å². The number of hydrogen-bond donors (Lipinski definition) is 1. The van der Waals surface area contributed by atoms with E-state index in [1.54, 1.807) is 24.0 Å². The molecule has 1 aromatic carbocycles. The van der Waals surface area contributed by atoms with Gasteiger partial charge in [0, 0.05) is 30.5 Å². The lowest BCUT2D eigenvalue weighted by Crippen LogP contribution is -2.46. The second-order valence-corrected chi connectivity index (χ2v) is 7.91. The first kappa shape index (κ1) is 16.5. The van der Waals surface area contributed by atoms with E-state index in [9.17, 15) is 13.2 Å². The van der Waals surface area contributed by atoms with Gasteiger partial charge in [-0.05, 0) is 37.5 Å². The molecule has 1 fully saturated rings. The maximum atomic E-state index is 12.5. The molecule has 7 heteroatoms. The van der Waals surface area contributed by atoms with E-state index in [1.807, 2.05) is 6.07 Å². The van der Waals surface area contributed by atoms with Crippen LogP contribution in [-0.4, -0.2) is 38.4 Å². The van der Waals surface area contributed by atoms with Gasteiger partial charge in [0.2, 0.25) is 15.9 Å². The first-order chi connectivity index (χ1) is 9.79. The lowest BCUT2D eigenvalue weighted by molar-refractivity contribution is -0.129. The van der Waals surface area contributed by atoms with Crippen molar-refractivity contribution >= 4 is 31.9 Å². The molecule has 1 heterocycles. The summed E-state index contributed by atoms with van der Waals surface area (Å²) < 4.78 is 28.4. The minimum atomic E-state index is -3.53. The number of piperidine rings is 1. The topological polar surface area (TPSA) is 66.5 Å². The highest BCUT2D eigenvalue weighted by Gasteiger charge is 2.26. The van der Waals surface area contributed by atoms with Crippen LogP contribution in [0.2, 0.25) is 0 Å². The van der Waals surface area contributed by atoms with Crippen LogP contribution in [-0.2, 0) is 14.8 Å². The third-order valence-electron chi connectivity index (χ3n) is 3.70. The Morgan fingerprint density at radius 1 is 1.33 bits per heavy atom. The fraction of sp³-hybridized carbons (Fsp3) is 0.500. The molecule has 1 aliphatic rings. The first-order valence-corrected chi connectivity index (χ1v) is 9.11. The van der Waals surface area contributed by atoms with Crippen molar-refractivity contribution in [2.24, 2.45) is 0 Å². The van der Waals surface area contributed by atoms with Gasteiger partial charge < -0.3 is 4.90 Å². The molecule has 0 aromatic heterocycles. The zero-order valence-corrected chi connectivity index (χ0v) is 14.5. The third kappa shape index (κ3) is 4.05. The predicted molar refractivity (Wildman–Crippen MR) is 84.5 cm³/mol. The second kappa shape index (κ2) is 6.46. The maximum Gasteiger partial charge on any atom is 0.241 e. The Morgan fingerprint density at radius 2 is 1.95 bits per heavy atom. The Bertz CT molecular complexity index is 638. The van der Waals surface area contributed by atoms with Crippen LogP contribution in [0.4, 0.5) is 0 Å². The summed E-state index contributed by atoms with van der Waals surface area (Å²) in [5, 5.41) is 0. The van der Waals surface area contributed by atoms with Crippen LogP contribution in [0, 0.1) is 6.92 Å². The average molecular weight is 375 g/mol. The molecule has 0 unspecified atom stereocenters. The van der Waals surface area contributed by atoms with Crippen molar-refractivity contribution in [2.75, 3.05) is 13.1 Å². The number of rotatable bonds is 3. The highest BCUT2D eigenvalue weighted by molar-refractivity contribution is 9.10. The van der Waals surface area contributed by atoms with E-state index in [2.05, 4.69) is 20.7 Å². The van der Waals surface area contributed by atoms with E-state index < -0.39 is 10.0 Å². The summed E-state index contributed by atoms with van der Waals surface area (Å²) in [7, 11) is -3.53. The molecule has 1 saturated heterocycles. The molecule has 0 saturated carbocycles. The summed E-state index contributed by atoms with van der Waals surface area (Å²) >= 11 is 3.30. The Balaban J connectivity index is 2.09. The molecular formula is C14H19BrN2O3S. The molecule has 1 N–H and O–H groups in total. The number of aryl methyl sites for hydroxylation is 1. The minimum absolute atomic E-state index is 0.0409. The number of halogens is 1. The van der Waals surface area contributed by atoms with E-state index in [-0.39, 0.29) is 11.9 Å². The summed E-state index contributed by atoms with van der Waals surface area (Å²) in [6, 6.07) is 5.09. The van der Waals surface area contributed by atoms with Crippen LogP contribution in [0.5, 0.6) is 0 Å². The Labute approximate surface area is 133 Å². The maximum absolute atomic E-state index is 12.5.